The van der Waals surface area contributed by atoms with E-state index < -0.39 is 28.3 Å². The average Bonchev–Trinajstić information content (AvgIpc) is 3.19. The molecule has 2 aliphatic rings. The number of rotatable bonds is 4. The minimum Gasteiger partial charge on any atom is -0.374 e. The smallest absolute Gasteiger partial charge is 0.374 e. The highest BCUT2D eigenvalue weighted by molar-refractivity contribution is 7.89. The fourth-order valence-electron chi connectivity index (χ4n) is 4.81. The van der Waals surface area contributed by atoms with Crippen LogP contribution in [0, 0.1) is 11.8 Å². The van der Waals surface area contributed by atoms with Gasteiger partial charge in [-0.05, 0) is 74.3 Å². The first kappa shape index (κ1) is 25.9. The summed E-state index contributed by atoms with van der Waals surface area (Å²) in [6.07, 6.45) is -3.37. The van der Waals surface area contributed by atoms with Gasteiger partial charge in [0, 0.05) is 11.1 Å². The number of hydrogen-bond donors (Lipinski definition) is 5. The fraction of sp³-hybridized carbons (Fsp3) is 0.320. The first-order valence-corrected chi connectivity index (χ1v) is 13.4. The van der Waals surface area contributed by atoms with Gasteiger partial charge in [-0.1, -0.05) is 5.92 Å². The van der Waals surface area contributed by atoms with Crippen molar-refractivity contribution >= 4 is 43.9 Å². The van der Waals surface area contributed by atoms with Crippen LogP contribution in [-0.4, -0.2) is 50.2 Å². The molecule has 0 saturated carbocycles. The van der Waals surface area contributed by atoms with Crippen molar-refractivity contribution in [1.82, 2.24) is 9.88 Å². The molecule has 5 rings (SSSR count). The van der Waals surface area contributed by atoms with Crippen LogP contribution in [0.3, 0.4) is 0 Å². The highest BCUT2D eigenvalue weighted by Gasteiger charge is 2.43. The second-order valence-corrected chi connectivity index (χ2v) is 10.8. The second kappa shape index (κ2) is 9.54. The quantitative estimate of drug-likeness (QED) is 0.320. The Bertz CT molecular complexity index is 1560. The van der Waals surface area contributed by atoms with Gasteiger partial charge < -0.3 is 25.8 Å². The molecule has 1 saturated heterocycles. The lowest BCUT2D eigenvalue weighted by Crippen LogP contribution is -2.57. The molecule has 2 aromatic carbocycles. The molecule has 9 nitrogen and oxygen atoms in total. The Hall–Kier alpha value is -3.73. The number of anilines is 3. The van der Waals surface area contributed by atoms with Gasteiger partial charge in [-0.15, -0.1) is 0 Å². The summed E-state index contributed by atoms with van der Waals surface area (Å²) >= 11 is 0. The number of aromatic nitrogens is 1. The van der Waals surface area contributed by atoms with Crippen LogP contribution in [-0.2, 0) is 21.4 Å². The molecule has 38 heavy (non-hydrogen) atoms. The summed E-state index contributed by atoms with van der Waals surface area (Å²) < 4.78 is 64.4. The Morgan fingerprint density at radius 2 is 1.82 bits per heavy atom. The van der Waals surface area contributed by atoms with E-state index in [4.69, 9.17) is 5.14 Å². The van der Waals surface area contributed by atoms with Gasteiger partial charge in [-0.2, -0.15) is 13.2 Å². The summed E-state index contributed by atoms with van der Waals surface area (Å²) in [5.41, 5.74) is 1.37. The molecule has 3 heterocycles. The third-order valence-electron chi connectivity index (χ3n) is 6.71. The Balaban J connectivity index is 1.46. The molecular weight excluding hydrogens is 521 g/mol. The molecule has 3 aromatic rings. The van der Waals surface area contributed by atoms with Gasteiger partial charge in [0.1, 0.15) is 12.1 Å². The van der Waals surface area contributed by atoms with Crippen molar-refractivity contribution in [1.29, 1.82) is 0 Å². The van der Waals surface area contributed by atoms with E-state index in [1.54, 1.807) is 18.2 Å². The number of nitrogens with two attached hydrogens (primary N) is 1. The number of hydrogen-bond acceptors (Lipinski definition) is 6. The number of nitrogens with one attached hydrogen (secondary N) is 4. The number of piperidine rings is 1. The van der Waals surface area contributed by atoms with E-state index in [-0.39, 0.29) is 23.0 Å². The van der Waals surface area contributed by atoms with Crippen molar-refractivity contribution < 1.29 is 26.4 Å². The van der Waals surface area contributed by atoms with Crippen molar-refractivity contribution in [2.75, 3.05) is 35.6 Å². The predicted molar refractivity (Wildman–Crippen MR) is 138 cm³/mol. The number of nitrogens with zero attached hydrogens (tertiary/aromatic N) is 1. The van der Waals surface area contributed by atoms with Crippen LogP contribution < -0.4 is 26.4 Å². The highest BCUT2D eigenvalue weighted by atomic mass is 32.2. The molecule has 0 atom stereocenters. The third-order valence-corrected chi connectivity index (χ3v) is 7.64. The van der Waals surface area contributed by atoms with Crippen LogP contribution in [0.4, 0.5) is 30.2 Å². The maximum atomic E-state index is 13.5. The zero-order chi connectivity index (χ0) is 27.1. The predicted octanol–water partition coefficient (Wildman–Crippen LogP) is 2.80. The standard InChI is InChI=1S/C25H25F3N6O3S/c26-25(27,28)15-34-17(2-1-11-31-16-3-5-18(6-4-16)38(29,36)37)14-19-21(34)8-7-20-22(19)33-24(23(35)32-20)9-12-30-13-10-24/h3-8,14,30-31,33H,9-13,15H2,(H,32,35)(H2,29,36,37). The lowest BCUT2D eigenvalue weighted by molar-refractivity contribution is -0.140. The van der Waals surface area contributed by atoms with E-state index >= 15 is 0 Å². The van der Waals surface area contributed by atoms with Crippen LogP contribution in [0.5, 0.6) is 0 Å². The van der Waals surface area contributed by atoms with Crippen molar-refractivity contribution in [2.24, 2.45) is 5.14 Å². The minimum atomic E-state index is -4.47. The molecule has 2 aliphatic heterocycles. The maximum absolute atomic E-state index is 13.5. The number of alkyl halides is 3. The third kappa shape index (κ3) is 5.15. The van der Waals surface area contributed by atoms with E-state index in [0.29, 0.717) is 53.9 Å². The summed E-state index contributed by atoms with van der Waals surface area (Å²) in [6, 6.07) is 10.5. The molecule has 200 valence electrons. The Labute approximate surface area is 217 Å². The maximum Gasteiger partial charge on any atom is 0.406 e. The first-order valence-electron chi connectivity index (χ1n) is 11.8. The number of carbonyl (C=O) groups excluding carboxylic acids is 1. The topological polar surface area (TPSA) is 130 Å². The van der Waals surface area contributed by atoms with Crippen LogP contribution >= 0.6 is 0 Å². The van der Waals surface area contributed by atoms with Gasteiger partial charge in [-0.25, -0.2) is 13.6 Å². The Morgan fingerprint density at radius 3 is 2.47 bits per heavy atom. The molecule has 0 radical (unpaired) electrons. The zero-order valence-corrected chi connectivity index (χ0v) is 20.9. The summed E-state index contributed by atoms with van der Waals surface area (Å²) in [5, 5.41) is 18.1. The molecule has 1 aromatic heterocycles. The van der Waals surface area contributed by atoms with Crippen LogP contribution in [0.1, 0.15) is 18.5 Å². The Morgan fingerprint density at radius 1 is 1.11 bits per heavy atom. The lowest BCUT2D eigenvalue weighted by atomic mass is 9.85. The number of carbonyl (C=O) groups is 1. The molecular formula is C25H25F3N6O3S. The first-order chi connectivity index (χ1) is 18.0. The van der Waals surface area contributed by atoms with Crippen molar-refractivity contribution in [2.45, 2.75) is 36.0 Å². The summed E-state index contributed by atoms with van der Waals surface area (Å²) in [7, 11) is -3.81. The normalized spacial score (nSPS) is 16.8. The van der Waals surface area contributed by atoms with Gasteiger partial charge in [0.15, 0.2) is 0 Å². The second-order valence-electron chi connectivity index (χ2n) is 9.29. The van der Waals surface area contributed by atoms with Crippen LogP contribution in [0.15, 0.2) is 47.4 Å². The van der Waals surface area contributed by atoms with Crippen molar-refractivity contribution in [3.8, 4) is 11.8 Å². The van der Waals surface area contributed by atoms with Gasteiger partial charge in [0.2, 0.25) is 15.9 Å². The number of primary sulfonamides is 1. The van der Waals surface area contributed by atoms with Crippen molar-refractivity contribution in [3.63, 3.8) is 0 Å². The number of fused-ring (bicyclic) bond motifs is 3. The van der Waals surface area contributed by atoms with Gasteiger partial charge in [0.25, 0.3) is 0 Å². The minimum absolute atomic E-state index is 0.0368. The molecule has 1 fully saturated rings. The molecule has 13 heteroatoms. The van der Waals surface area contributed by atoms with Gasteiger partial charge in [0.05, 0.1) is 34.0 Å². The van der Waals surface area contributed by atoms with E-state index in [0.717, 1.165) is 4.57 Å². The molecule has 6 N–H and O–H groups in total. The van der Waals surface area contributed by atoms with Crippen LogP contribution in [0.25, 0.3) is 10.9 Å². The summed E-state index contributed by atoms with van der Waals surface area (Å²) in [5.74, 6) is 5.51. The van der Waals surface area contributed by atoms with Crippen molar-refractivity contribution in [3.05, 3.63) is 48.2 Å². The number of sulfonamides is 1. The number of benzene rings is 2. The molecule has 1 spiro atoms. The average molecular weight is 547 g/mol. The number of amides is 1. The molecule has 0 bridgehead atoms. The van der Waals surface area contributed by atoms with E-state index in [1.807, 2.05) is 0 Å². The number of halogens is 3. The highest BCUT2D eigenvalue weighted by Crippen LogP contribution is 2.41. The SMILES string of the molecule is NS(=O)(=O)c1ccc(NCC#Cc2cc3c4c(ccc3n2CC(F)(F)F)NC(=O)C2(CCNCC2)N4)cc1. The molecule has 0 aliphatic carbocycles. The van der Waals surface area contributed by atoms with Gasteiger partial charge in [-0.3, -0.25) is 4.79 Å². The molecule has 0 unspecified atom stereocenters. The lowest BCUT2D eigenvalue weighted by Gasteiger charge is -2.41. The van der Waals surface area contributed by atoms with E-state index in [2.05, 4.69) is 33.1 Å². The van der Waals surface area contributed by atoms with Gasteiger partial charge >= 0.3 is 6.18 Å². The van der Waals surface area contributed by atoms with E-state index in [1.165, 1.54) is 24.3 Å². The molecule has 1 amide bonds. The summed E-state index contributed by atoms with van der Waals surface area (Å²) in [6.45, 7) is 0.179. The Kier molecular flexibility index (Phi) is 6.50. The fourth-order valence-corrected chi connectivity index (χ4v) is 5.33. The van der Waals surface area contributed by atoms with E-state index in [9.17, 15) is 26.4 Å². The largest absolute Gasteiger partial charge is 0.406 e. The monoisotopic (exact) mass is 546 g/mol. The zero-order valence-electron chi connectivity index (χ0n) is 20.1. The van der Waals surface area contributed by atoms with Crippen LogP contribution in [0.2, 0.25) is 0 Å². The summed E-state index contributed by atoms with van der Waals surface area (Å²) in [4.78, 5) is 12.8.